The number of amides is 1. The summed E-state index contributed by atoms with van der Waals surface area (Å²) < 4.78 is 1.74. The van der Waals surface area contributed by atoms with E-state index in [-0.39, 0.29) is 17.5 Å². The van der Waals surface area contributed by atoms with Crippen molar-refractivity contribution in [1.29, 1.82) is 0 Å². The first-order valence-corrected chi connectivity index (χ1v) is 8.18. The predicted octanol–water partition coefficient (Wildman–Crippen LogP) is 0.890. The molecule has 3 aromatic rings. The molecule has 1 aliphatic rings. The molecule has 1 amide bonds. The minimum atomic E-state index is -0.669. The van der Waals surface area contributed by atoms with Crippen molar-refractivity contribution in [2.45, 2.75) is 32.2 Å². The van der Waals surface area contributed by atoms with E-state index in [1.165, 1.54) is 0 Å². The Morgan fingerprint density at radius 1 is 1.32 bits per heavy atom. The molecule has 1 aliphatic heterocycles. The molecule has 1 aromatic carbocycles. The molecule has 4 rings (SSSR count). The maximum atomic E-state index is 13.1. The largest absolute Gasteiger partial charge is 0.370 e. The van der Waals surface area contributed by atoms with Crippen LogP contribution in [0.15, 0.2) is 33.9 Å². The van der Waals surface area contributed by atoms with Gasteiger partial charge in [-0.1, -0.05) is 18.2 Å². The number of aromatic nitrogens is 3. The Balaban J connectivity index is 2.01. The van der Waals surface area contributed by atoms with Gasteiger partial charge in [-0.15, -0.1) is 0 Å². The number of carbonyl (C=O) groups excluding carboxylic acids is 1. The number of nitrogens with one attached hydrogen (secondary N) is 2. The molecule has 3 heterocycles. The van der Waals surface area contributed by atoms with E-state index in [1.807, 2.05) is 18.2 Å². The normalized spacial score (nSPS) is 14.1. The Kier molecular flexibility index (Phi) is 3.38. The average Bonchev–Trinajstić information content (AvgIpc) is 3.14. The van der Waals surface area contributed by atoms with E-state index in [1.54, 1.807) is 17.6 Å². The molecule has 7 nitrogen and oxygen atoms in total. The number of aromatic amines is 2. The number of hydrogen-bond donors (Lipinski definition) is 3. The topological polar surface area (TPSA) is 114 Å². The van der Waals surface area contributed by atoms with Crippen molar-refractivity contribution in [2.75, 3.05) is 0 Å². The molecule has 128 valence electrons. The number of carbonyl (C=O) groups is 1. The number of aryl methyl sites for hydroxylation is 3. The number of para-hydroxylation sites is 1. The molecule has 0 fully saturated rings. The van der Waals surface area contributed by atoms with Gasteiger partial charge in [0, 0.05) is 35.7 Å². The predicted molar refractivity (Wildman–Crippen MR) is 93.7 cm³/mol. The number of nitrogens with zero attached hydrogens (tertiary/aromatic N) is 1. The molecule has 0 spiro atoms. The summed E-state index contributed by atoms with van der Waals surface area (Å²) in [5.41, 5.74) is 8.41. The molecule has 4 N–H and O–H groups in total. The van der Waals surface area contributed by atoms with Crippen LogP contribution in [0.25, 0.3) is 10.9 Å². The van der Waals surface area contributed by atoms with Gasteiger partial charge in [-0.25, -0.2) is 0 Å². The van der Waals surface area contributed by atoms with E-state index in [9.17, 15) is 14.4 Å². The molecule has 0 bridgehead atoms. The Morgan fingerprint density at radius 3 is 2.80 bits per heavy atom. The van der Waals surface area contributed by atoms with Gasteiger partial charge >= 0.3 is 0 Å². The van der Waals surface area contributed by atoms with Gasteiger partial charge in [0.05, 0.1) is 5.52 Å². The Bertz CT molecular complexity index is 1120. The van der Waals surface area contributed by atoms with E-state index >= 15 is 0 Å². The van der Waals surface area contributed by atoms with Crippen LogP contribution in [0.2, 0.25) is 0 Å². The van der Waals surface area contributed by atoms with E-state index in [0.29, 0.717) is 23.4 Å². The SMILES string of the molecule is Cc1[nH][nH]c(=O)c1C(CC(N)=O)c1cc2cccc3c2n(c1=O)CC3. The van der Waals surface area contributed by atoms with Crippen molar-refractivity contribution in [3.63, 3.8) is 0 Å². The molecule has 0 aliphatic carbocycles. The van der Waals surface area contributed by atoms with Crippen LogP contribution in [0.3, 0.4) is 0 Å². The van der Waals surface area contributed by atoms with Crippen LogP contribution in [0.5, 0.6) is 0 Å². The zero-order valence-electron chi connectivity index (χ0n) is 13.8. The number of H-pyrrole nitrogens is 2. The van der Waals surface area contributed by atoms with Crippen molar-refractivity contribution >= 4 is 16.8 Å². The first-order chi connectivity index (χ1) is 12.0. The second-order valence-electron chi connectivity index (χ2n) is 6.50. The molecule has 7 heteroatoms. The number of nitrogens with two attached hydrogens (primary N) is 1. The van der Waals surface area contributed by atoms with Gasteiger partial charge in [-0.3, -0.25) is 19.5 Å². The van der Waals surface area contributed by atoms with E-state index in [4.69, 9.17) is 5.73 Å². The van der Waals surface area contributed by atoms with Crippen LogP contribution in [0, 0.1) is 6.92 Å². The molecule has 1 unspecified atom stereocenters. The highest BCUT2D eigenvalue weighted by Crippen LogP contribution is 2.30. The summed E-state index contributed by atoms with van der Waals surface area (Å²) in [6.45, 7) is 2.34. The molecule has 0 saturated heterocycles. The molecule has 2 aromatic heterocycles. The minimum Gasteiger partial charge on any atom is -0.370 e. The molecule has 25 heavy (non-hydrogen) atoms. The van der Waals surface area contributed by atoms with Gasteiger partial charge in [0.2, 0.25) is 5.91 Å². The second-order valence-corrected chi connectivity index (χ2v) is 6.50. The third-order valence-corrected chi connectivity index (χ3v) is 4.97. The fourth-order valence-corrected chi connectivity index (χ4v) is 3.88. The minimum absolute atomic E-state index is 0.0950. The van der Waals surface area contributed by atoms with Gasteiger partial charge < -0.3 is 15.4 Å². The van der Waals surface area contributed by atoms with Crippen molar-refractivity contribution in [1.82, 2.24) is 14.8 Å². The zero-order valence-corrected chi connectivity index (χ0v) is 13.8. The summed E-state index contributed by atoms with van der Waals surface area (Å²) in [4.78, 5) is 36.9. The number of pyridine rings is 1. The lowest BCUT2D eigenvalue weighted by molar-refractivity contribution is -0.118. The summed E-state index contributed by atoms with van der Waals surface area (Å²) in [5.74, 6) is -1.22. The Morgan fingerprint density at radius 2 is 2.12 bits per heavy atom. The van der Waals surface area contributed by atoms with E-state index in [0.717, 1.165) is 22.9 Å². The fourth-order valence-electron chi connectivity index (χ4n) is 3.88. The third kappa shape index (κ3) is 2.31. The van der Waals surface area contributed by atoms with Crippen LogP contribution >= 0.6 is 0 Å². The Hall–Kier alpha value is -3.09. The van der Waals surface area contributed by atoms with Crippen LogP contribution in [0.4, 0.5) is 0 Å². The zero-order chi connectivity index (χ0) is 17.7. The standard InChI is InChI=1S/C18H18N4O3/c1-9-15(17(24)21-20-9)12(8-14(19)23)13-7-11-4-2-3-10-5-6-22(16(10)11)18(13)25/h2-4,7,12H,5-6,8H2,1H3,(H2,19,23)(H2,20,21,24). The molecule has 1 atom stereocenters. The van der Waals surface area contributed by atoms with Crippen molar-refractivity contribution in [3.8, 4) is 0 Å². The Labute approximate surface area is 142 Å². The van der Waals surface area contributed by atoms with Gasteiger partial charge in [0.1, 0.15) is 0 Å². The van der Waals surface area contributed by atoms with Crippen molar-refractivity contribution in [2.24, 2.45) is 5.73 Å². The van der Waals surface area contributed by atoms with Crippen molar-refractivity contribution < 1.29 is 4.79 Å². The van der Waals surface area contributed by atoms with Crippen LogP contribution in [-0.2, 0) is 17.8 Å². The summed E-state index contributed by atoms with van der Waals surface area (Å²) in [6.07, 6.45) is 0.711. The summed E-state index contributed by atoms with van der Waals surface area (Å²) in [7, 11) is 0. The fraction of sp³-hybridized carbons (Fsp3) is 0.278. The van der Waals surface area contributed by atoms with Crippen LogP contribution in [0.1, 0.15) is 34.7 Å². The molecular weight excluding hydrogens is 320 g/mol. The lowest BCUT2D eigenvalue weighted by atomic mass is 9.88. The highest BCUT2D eigenvalue weighted by atomic mass is 16.1. The lowest BCUT2D eigenvalue weighted by Gasteiger charge is -2.16. The maximum absolute atomic E-state index is 13.1. The highest BCUT2D eigenvalue weighted by Gasteiger charge is 2.28. The van der Waals surface area contributed by atoms with E-state index < -0.39 is 11.8 Å². The quantitative estimate of drug-likeness (QED) is 0.656. The smallest absolute Gasteiger partial charge is 0.267 e. The summed E-state index contributed by atoms with van der Waals surface area (Å²) in [5, 5.41) is 6.21. The van der Waals surface area contributed by atoms with Gasteiger partial charge in [-0.2, -0.15) is 0 Å². The molecule has 0 saturated carbocycles. The highest BCUT2D eigenvalue weighted by molar-refractivity contribution is 5.84. The van der Waals surface area contributed by atoms with Crippen LogP contribution < -0.4 is 16.9 Å². The number of rotatable bonds is 4. The lowest BCUT2D eigenvalue weighted by Crippen LogP contribution is -2.29. The van der Waals surface area contributed by atoms with E-state index in [2.05, 4.69) is 10.2 Å². The number of hydrogen-bond acceptors (Lipinski definition) is 3. The van der Waals surface area contributed by atoms with Gasteiger partial charge in [0.25, 0.3) is 11.1 Å². The summed E-state index contributed by atoms with van der Waals surface area (Å²) in [6, 6.07) is 7.72. The third-order valence-electron chi connectivity index (χ3n) is 4.97. The van der Waals surface area contributed by atoms with Crippen LogP contribution in [-0.4, -0.2) is 20.7 Å². The second kappa shape index (κ2) is 5.47. The first kappa shape index (κ1) is 15.4. The molecular formula is C18H18N4O3. The van der Waals surface area contributed by atoms with Gasteiger partial charge in [-0.05, 0) is 30.4 Å². The monoisotopic (exact) mass is 338 g/mol. The number of primary amides is 1. The average molecular weight is 338 g/mol. The first-order valence-electron chi connectivity index (χ1n) is 8.18. The van der Waals surface area contributed by atoms with Crippen molar-refractivity contribution in [3.05, 3.63) is 67.4 Å². The van der Waals surface area contributed by atoms with Gasteiger partial charge in [0.15, 0.2) is 0 Å². The molecule has 0 radical (unpaired) electrons. The number of benzene rings is 1. The maximum Gasteiger partial charge on any atom is 0.267 e. The summed E-state index contributed by atoms with van der Waals surface area (Å²) >= 11 is 0.